The van der Waals surface area contributed by atoms with Gasteiger partial charge in [-0.05, 0) is 63.8 Å². The first-order valence-electron chi connectivity index (χ1n) is 7.38. The zero-order valence-electron chi connectivity index (χ0n) is 11.8. The van der Waals surface area contributed by atoms with Crippen molar-refractivity contribution < 1.29 is 5.11 Å². The van der Waals surface area contributed by atoms with Gasteiger partial charge in [-0.2, -0.15) is 0 Å². The molecule has 0 amide bonds. The highest BCUT2D eigenvalue weighted by molar-refractivity contribution is 4.87. The van der Waals surface area contributed by atoms with Gasteiger partial charge in [-0.1, -0.05) is 13.8 Å². The van der Waals surface area contributed by atoms with E-state index in [2.05, 4.69) is 25.8 Å². The summed E-state index contributed by atoms with van der Waals surface area (Å²) in [6, 6.07) is 1.39. The Morgan fingerprint density at radius 1 is 1.00 bits per heavy atom. The third-order valence-corrected chi connectivity index (χ3v) is 5.08. The van der Waals surface area contributed by atoms with Gasteiger partial charge in [-0.3, -0.25) is 0 Å². The molecule has 0 heterocycles. The van der Waals surface area contributed by atoms with Gasteiger partial charge in [0.25, 0.3) is 0 Å². The maximum atomic E-state index is 9.78. The highest BCUT2D eigenvalue weighted by Gasteiger charge is 2.32. The van der Waals surface area contributed by atoms with E-state index in [1.165, 1.54) is 38.5 Å². The predicted molar refractivity (Wildman–Crippen MR) is 72.1 cm³/mol. The number of aliphatic hydroxyl groups is 1. The summed E-state index contributed by atoms with van der Waals surface area (Å²) >= 11 is 0. The molecule has 0 aromatic heterocycles. The molecular weight excluding hydrogens is 210 g/mol. The van der Waals surface area contributed by atoms with E-state index in [1.54, 1.807) is 0 Å². The van der Waals surface area contributed by atoms with Crippen LogP contribution in [0.5, 0.6) is 0 Å². The predicted octanol–water partition coefficient (Wildman–Crippen LogP) is 3.19. The molecule has 0 saturated heterocycles. The molecule has 0 aromatic carbocycles. The number of rotatable bonds is 2. The van der Waals surface area contributed by atoms with Gasteiger partial charge in [0.15, 0.2) is 0 Å². The molecule has 2 aliphatic carbocycles. The summed E-state index contributed by atoms with van der Waals surface area (Å²) in [4.78, 5) is 2.58. The van der Waals surface area contributed by atoms with Crippen LogP contribution in [0, 0.1) is 5.41 Å². The van der Waals surface area contributed by atoms with Crippen molar-refractivity contribution in [2.75, 3.05) is 7.05 Å². The van der Waals surface area contributed by atoms with Crippen molar-refractivity contribution in [3.63, 3.8) is 0 Å². The zero-order valence-corrected chi connectivity index (χ0v) is 11.8. The minimum atomic E-state index is -0.0452. The zero-order chi connectivity index (χ0) is 12.5. The fraction of sp³-hybridized carbons (Fsp3) is 1.00. The Bertz CT molecular complexity index is 241. The number of aliphatic hydroxyl groups excluding tert-OH is 1. The second-order valence-electron chi connectivity index (χ2n) is 7.04. The Hall–Kier alpha value is -0.0800. The minimum Gasteiger partial charge on any atom is -0.393 e. The van der Waals surface area contributed by atoms with Crippen LogP contribution < -0.4 is 0 Å². The summed E-state index contributed by atoms with van der Waals surface area (Å²) in [6.45, 7) is 4.79. The van der Waals surface area contributed by atoms with Crippen LogP contribution in [0.1, 0.15) is 65.2 Å². The maximum Gasteiger partial charge on any atom is 0.0555 e. The average molecular weight is 239 g/mol. The molecule has 2 saturated carbocycles. The molecule has 2 atom stereocenters. The third kappa shape index (κ3) is 3.45. The molecule has 0 spiro atoms. The molecule has 17 heavy (non-hydrogen) atoms. The molecule has 0 bridgehead atoms. The van der Waals surface area contributed by atoms with Gasteiger partial charge >= 0.3 is 0 Å². The lowest BCUT2D eigenvalue weighted by Gasteiger charge is -2.43. The van der Waals surface area contributed by atoms with Crippen LogP contribution in [0.3, 0.4) is 0 Å². The van der Waals surface area contributed by atoms with Gasteiger partial charge in [0, 0.05) is 12.1 Å². The van der Waals surface area contributed by atoms with E-state index >= 15 is 0 Å². The molecule has 0 aromatic rings. The molecule has 0 aliphatic heterocycles. The maximum absolute atomic E-state index is 9.78. The summed E-state index contributed by atoms with van der Waals surface area (Å²) in [5.41, 5.74) is 0.559. The van der Waals surface area contributed by atoms with E-state index in [9.17, 15) is 5.11 Å². The lowest BCUT2D eigenvalue weighted by Crippen LogP contribution is -2.45. The van der Waals surface area contributed by atoms with Crippen molar-refractivity contribution in [1.29, 1.82) is 0 Å². The van der Waals surface area contributed by atoms with E-state index in [0.29, 0.717) is 11.5 Å². The standard InChI is InChI=1S/C15H29NO/c1-15(2)9-7-12(8-10-15)16(3)13-5-4-6-14(17)11-13/h12-14,17H,4-11H2,1-3H3. The summed E-state index contributed by atoms with van der Waals surface area (Å²) in [7, 11) is 2.28. The van der Waals surface area contributed by atoms with Crippen LogP contribution >= 0.6 is 0 Å². The molecule has 1 N–H and O–H groups in total. The van der Waals surface area contributed by atoms with Crippen LogP contribution in [-0.4, -0.2) is 35.2 Å². The highest BCUT2D eigenvalue weighted by Crippen LogP contribution is 2.38. The lowest BCUT2D eigenvalue weighted by molar-refractivity contribution is 0.0339. The van der Waals surface area contributed by atoms with E-state index < -0.39 is 0 Å². The van der Waals surface area contributed by atoms with Crippen LogP contribution in [0.15, 0.2) is 0 Å². The topological polar surface area (TPSA) is 23.5 Å². The third-order valence-electron chi connectivity index (χ3n) is 5.08. The van der Waals surface area contributed by atoms with E-state index in [1.807, 2.05) is 0 Å². The molecule has 100 valence electrons. The Morgan fingerprint density at radius 3 is 2.24 bits per heavy atom. The second kappa shape index (κ2) is 5.27. The smallest absolute Gasteiger partial charge is 0.0555 e. The van der Waals surface area contributed by atoms with Crippen molar-refractivity contribution in [3.8, 4) is 0 Å². The van der Waals surface area contributed by atoms with E-state index in [4.69, 9.17) is 0 Å². The molecular formula is C15H29NO. The number of hydrogen-bond donors (Lipinski definition) is 1. The van der Waals surface area contributed by atoms with Crippen LogP contribution in [0.25, 0.3) is 0 Å². The summed E-state index contributed by atoms with van der Waals surface area (Å²) in [6.07, 6.45) is 9.86. The van der Waals surface area contributed by atoms with Crippen LogP contribution in [0.2, 0.25) is 0 Å². The van der Waals surface area contributed by atoms with Gasteiger partial charge in [-0.25, -0.2) is 0 Å². The minimum absolute atomic E-state index is 0.0452. The van der Waals surface area contributed by atoms with E-state index in [-0.39, 0.29) is 6.10 Å². The van der Waals surface area contributed by atoms with Gasteiger partial charge in [0.2, 0.25) is 0 Å². The summed E-state index contributed by atoms with van der Waals surface area (Å²) in [5.74, 6) is 0. The number of nitrogens with zero attached hydrogens (tertiary/aromatic N) is 1. The quantitative estimate of drug-likeness (QED) is 0.800. The van der Waals surface area contributed by atoms with Gasteiger partial charge in [0.05, 0.1) is 6.10 Å². The van der Waals surface area contributed by atoms with Gasteiger partial charge in [-0.15, -0.1) is 0 Å². The summed E-state index contributed by atoms with van der Waals surface area (Å²) < 4.78 is 0. The Morgan fingerprint density at radius 2 is 1.65 bits per heavy atom. The molecule has 2 aliphatic rings. The first kappa shape index (κ1) is 13.4. The summed E-state index contributed by atoms with van der Waals surface area (Å²) in [5, 5.41) is 9.78. The Kier molecular flexibility index (Phi) is 4.14. The van der Waals surface area contributed by atoms with Crippen molar-refractivity contribution in [2.45, 2.75) is 83.4 Å². The molecule has 2 fully saturated rings. The first-order valence-corrected chi connectivity index (χ1v) is 7.38. The Balaban J connectivity index is 1.85. The van der Waals surface area contributed by atoms with Crippen molar-refractivity contribution in [1.82, 2.24) is 4.90 Å². The molecule has 2 nitrogen and oxygen atoms in total. The molecule has 2 heteroatoms. The fourth-order valence-corrected chi connectivity index (χ4v) is 3.60. The van der Waals surface area contributed by atoms with Crippen molar-refractivity contribution >= 4 is 0 Å². The normalized spacial score (nSPS) is 35.1. The second-order valence-corrected chi connectivity index (χ2v) is 7.04. The Labute approximate surface area is 106 Å². The molecule has 2 unspecified atom stereocenters. The van der Waals surface area contributed by atoms with Crippen LogP contribution in [0.4, 0.5) is 0 Å². The van der Waals surface area contributed by atoms with Gasteiger partial charge in [0.1, 0.15) is 0 Å². The number of hydrogen-bond acceptors (Lipinski definition) is 2. The largest absolute Gasteiger partial charge is 0.393 e. The van der Waals surface area contributed by atoms with Crippen molar-refractivity contribution in [2.24, 2.45) is 5.41 Å². The average Bonchev–Trinajstić information content (AvgIpc) is 2.28. The van der Waals surface area contributed by atoms with Gasteiger partial charge < -0.3 is 10.0 Å². The molecule has 0 radical (unpaired) electrons. The highest BCUT2D eigenvalue weighted by atomic mass is 16.3. The first-order chi connectivity index (χ1) is 7.98. The van der Waals surface area contributed by atoms with Crippen LogP contribution in [-0.2, 0) is 0 Å². The van der Waals surface area contributed by atoms with Crippen molar-refractivity contribution in [3.05, 3.63) is 0 Å². The SMILES string of the molecule is CN(C1CCC(C)(C)CC1)C1CCCC(O)C1. The fourth-order valence-electron chi connectivity index (χ4n) is 3.60. The lowest BCUT2D eigenvalue weighted by atomic mass is 9.75. The molecule has 2 rings (SSSR count). The monoisotopic (exact) mass is 239 g/mol. The van der Waals surface area contributed by atoms with E-state index in [0.717, 1.165) is 18.9 Å².